The smallest absolute Gasteiger partial charge is 0.257 e. The summed E-state index contributed by atoms with van der Waals surface area (Å²) in [6.07, 6.45) is 6.74. The van der Waals surface area contributed by atoms with Crippen LogP contribution in [0.25, 0.3) is 72.0 Å². The van der Waals surface area contributed by atoms with E-state index in [2.05, 4.69) is 226 Å². The standard InChI is InChI=1S/C54H39N3Si/c1-2-20-40(21-3-1)58(57-53-34-14-8-28-47(53)48-29-9-15-35-54(48)57,41-22-16-18-38(36-41)55-49-30-10-4-24-43(49)44-25-5-11-31-50(44)55)42-23-17-19-39(37-42)56-51-32-12-6-26-45(51)46-27-7-13-33-52(46)56/h1-14,16-34,36-37H,15,35H2. The molecule has 3 aromatic heterocycles. The summed E-state index contributed by atoms with van der Waals surface area (Å²) >= 11 is 0. The maximum absolute atomic E-state index is 3.19. The predicted molar refractivity (Wildman–Crippen MR) is 247 cm³/mol. The number of allylic oxidation sites excluding steroid dienone is 1. The number of hydrogen-bond donors (Lipinski definition) is 0. The molecule has 1 aliphatic carbocycles. The van der Waals surface area contributed by atoms with Gasteiger partial charge in [-0.15, -0.1) is 0 Å². The third-order valence-electron chi connectivity index (χ3n) is 12.6. The van der Waals surface area contributed by atoms with Gasteiger partial charge in [0, 0.05) is 55.1 Å². The average molecular weight is 758 g/mol. The first-order chi connectivity index (χ1) is 28.8. The van der Waals surface area contributed by atoms with E-state index in [0.717, 1.165) is 12.8 Å². The van der Waals surface area contributed by atoms with E-state index in [1.807, 2.05) is 0 Å². The maximum Gasteiger partial charge on any atom is 0.257 e. The number of rotatable bonds is 6. The Bertz CT molecular complexity index is 3150. The molecule has 4 heteroatoms. The third kappa shape index (κ3) is 4.67. The fraction of sp³-hybridized carbons (Fsp3) is 0.0370. The first-order valence-corrected chi connectivity index (χ1v) is 22.3. The van der Waals surface area contributed by atoms with Crippen molar-refractivity contribution in [2.75, 3.05) is 0 Å². The third-order valence-corrected chi connectivity index (χ3v) is 17.2. The molecule has 3 heterocycles. The van der Waals surface area contributed by atoms with Gasteiger partial charge < -0.3 is 13.4 Å². The van der Waals surface area contributed by atoms with E-state index in [-0.39, 0.29) is 0 Å². The summed E-state index contributed by atoms with van der Waals surface area (Å²) in [7, 11) is -3.19. The number of aromatic nitrogens is 3. The van der Waals surface area contributed by atoms with E-state index in [9.17, 15) is 0 Å². The number of benzene rings is 8. The van der Waals surface area contributed by atoms with Crippen molar-refractivity contribution in [3.05, 3.63) is 218 Å². The van der Waals surface area contributed by atoms with Gasteiger partial charge in [-0.05, 0) is 83.0 Å². The Morgan fingerprint density at radius 2 is 0.776 bits per heavy atom. The van der Waals surface area contributed by atoms with Gasteiger partial charge in [-0.1, -0.05) is 158 Å². The Kier molecular flexibility index (Phi) is 7.38. The van der Waals surface area contributed by atoms with Crippen LogP contribution in [0.4, 0.5) is 0 Å². The van der Waals surface area contributed by atoms with Gasteiger partial charge in [-0.3, -0.25) is 0 Å². The molecule has 0 bridgehead atoms. The molecular weight excluding hydrogens is 719 g/mol. The van der Waals surface area contributed by atoms with Crippen molar-refractivity contribution in [1.82, 2.24) is 13.4 Å². The molecule has 0 aliphatic heterocycles. The van der Waals surface area contributed by atoms with Crippen LogP contribution >= 0.6 is 0 Å². The van der Waals surface area contributed by atoms with E-state index in [4.69, 9.17) is 0 Å². The van der Waals surface area contributed by atoms with E-state index >= 15 is 0 Å². The van der Waals surface area contributed by atoms with Crippen LogP contribution in [0, 0.1) is 0 Å². The average Bonchev–Trinajstić information content (AvgIpc) is 3.94. The highest BCUT2D eigenvalue weighted by Gasteiger charge is 2.45. The first kappa shape index (κ1) is 33.0. The van der Waals surface area contributed by atoms with Crippen molar-refractivity contribution in [3.8, 4) is 11.4 Å². The second kappa shape index (κ2) is 13.0. The summed E-state index contributed by atoms with van der Waals surface area (Å²) in [5, 5.41) is 10.4. The SMILES string of the molecule is C1=Cc2c(n([Si](c3ccccc3)(c3cccc(-n4c5ccccc5c5ccccc54)c3)c3cccc(-n4c5ccccc5c5ccccc54)c3)c3ccccc23)CC1. The monoisotopic (exact) mass is 757 g/mol. The second-order valence-corrected chi connectivity index (χ2v) is 19.2. The highest BCUT2D eigenvalue weighted by molar-refractivity contribution is 7.11. The maximum atomic E-state index is 2.84. The summed E-state index contributed by atoms with van der Waals surface area (Å²) in [6, 6.07) is 75.0. The van der Waals surface area contributed by atoms with Crippen LogP contribution in [0.3, 0.4) is 0 Å². The van der Waals surface area contributed by atoms with Crippen molar-refractivity contribution in [2.24, 2.45) is 0 Å². The molecule has 0 fully saturated rings. The van der Waals surface area contributed by atoms with Crippen LogP contribution in [0.15, 0.2) is 206 Å². The highest BCUT2D eigenvalue weighted by atomic mass is 28.3. The largest absolute Gasteiger partial charge is 0.359 e. The molecule has 0 unspecified atom stereocenters. The summed E-state index contributed by atoms with van der Waals surface area (Å²) in [4.78, 5) is 0. The quantitative estimate of drug-likeness (QED) is 0.119. The predicted octanol–water partition coefficient (Wildman–Crippen LogP) is 11.3. The van der Waals surface area contributed by atoms with Crippen LogP contribution in [0.5, 0.6) is 0 Å². The lowest BCUT2D eigenvalue weighted by molar-refractivity contribution is 0.917. The zero-order valence-electron chi connectivity index (χ0n) is 32.0. The molecule has 1 aliphatic rings. The zero-order valence-corrected chi connectivity index (χ0v) is 33.0. The fourth-order valence-electron chi connectivity index (χ4n) is 10.3. The molecule has 8 aromatic carbocycles. The van der Waals surface area contributed by atoms with Crippen LogP contribution < -0.4 is 15.6 Å². The Morgan fingerprint density at radius 1 is 0.362 bits per heavy atom. The number of hydrogen-bond acceptors (Lipinski definition) is 0. The number of para-hydroxylation sites is 5. The van der Waals surface area contributed by atoms with E-state index in [1.165, 1.54) is 92.7 Å². The van der Waals surface area contributed by atoms with E-state index < -0.39 is 8.24 Å². The van der Waals surface area contributed by atoms with Crippen molar-refractivity contribution in [1.29, 1.82) is 0 Å². The van der Waals surface area contributed by atoms with Crippen molar-refractivity contribution >= 4 is 84.4 Å². The molecule has 0 atom stereocenters. The molecule has 274 valence electrons. The summed E-state index contributed by atoms with van der Waals surface area (Å²) in [5.41, 5.74) is 11.3. The molecule has 11 aromatic rings. The molecule has 58 heavy (non-hydrogen) atoms. The van der Waals surface area contributed by atoms with Gasteiger partial charge in [0.15, 0.2) is 0 Å². The summed E-state index contributed by atoms with van der Waals surface area (Å²) in [6.45, 7) is 0. The van der Waals surface area contributed by atoms with Gasteiger partial charge in [0.05, 0.1) is 22.1 Å². The first-order valence-electron chi connectivity index (χ1n) is 20.3. The number of fused-ring (bicyclic) bond motifs is 9. The van der Waals surface area contributed by atoms with Crippen molar-refractivity contribution in [2.45, 2.75) is 12.8 Å². The highest BCUT2D eigenvalue weighted by Crippen LogP contribution is 2.37. The van der Waals surface area contributed by atoms with Gasteiger partial charge in [0.25, 0.3) is 8.24 Å². The Hall–Kier alpha value is -7.14. The van der Waals surface area contributed by atoms with Gasteiger partial charge >= 0.3 is 0 Å². The van der Waals surface area contributed by atoms with Crippen LogP contribution in [-0.2, 0) is 6.42 Å². The minimum absolute atomic E-state index is 0.987. The molecular formula is C54H39N3Si. The van der Waals surface area contributed by atoms with Gasteiger partial charge in [0.2, 0.25) is 0 Å². The number of nitrogens with zero attached hydrogens (tertiary/aromatic N) is 3. The molecule has 0 amide bonds. The lowest BCUT2D eigenvalue weighted by Crippen LogP contribution is -2.72. The van der Waals surface area contributed by atoms with E-state index in [1.54, 1.807) is 0 Å². The topological polar surface area (TPSA) is 14.8 Å². The second-order valence-electron chi connectivity index (χ2n) is 15.6. The molecule has 0 saturated carbocycles. The molecule has 12 rings (SSSR count). The molecule has 0 N–H and O–H groups in total. The summed E-state index contributed by atoms with van der Waals surface area (Å²) < 4.78 is 7.78. The fourth-order valence-corrected chi connectivity index (χ4v) is 15.3. The van der Waals surface area contributed by atoms with Gasteiger partial charge in [0.1, 0.15) is 0 Å². The lowest BCUT2D eigenvalue weighted by atomic mass is 10.0. The van der Waals surface area contributed by atoms with Crippen molar-refractivity contribution in [3.63, 3.8) is 0 Å². The normalized spacial score (nSPS) is 13.0. The molecule has 0 spiro atoms. The minimum atomic E-state index is -3.19. The minimum Gasteiger partial charge on any atom is -0.359 e. The van der Waals surface area contributed by atoms with E-state index in [0.29, 0.717) is 0 Å². The van der Waals surface area contributed by atoms with Crippen LogP contribution in [0.2, 0.25) is 0 Å². The van der Waals surface area contributed by atoms with Crippen LogP contribution in [0.1, 0.15) is 17.7 Å². The van der Waals surface area contributed by atoms with Gasteiger partial charge in [-0.25, -0.2) is 0 Å². The Morgan fingerprint density at radius 3 is 1.28 bits per heavy atom. The Labute approximate surface area is 338 Å². The van der Waals surface area contributed by atoms with Crippen molar-refractivity contribution < 1.29 is 0 Å². The molecule has 0 saturated heterocycles. The molecule has 3 nitrogen and oxygen atoms in total. The van der Waals surface area contributed by atoms with Gasteiger partial charge in [-0.2, -0.15) is 0 Å². The Balaban J connectivity index is 1.23. The summed E-state index contributed by atoms with van der Waals surface area (Å²) in [5.74, 6) is 0. The van der Waals surface area contributed by atoms with Crippen LogP contribution in [-0.4, -0.2) is 21.6 Å². The lowest BCUT2D eigenvalue weighted by Gasteiger charge is -2.38. The zero-order chi connectivity index (χ0) is 38.2. The molecule has 0 radical (unpaired) electrons.